The van der Waals surface area contributed by atoms with Crippen molar-refractivity contribution >= 4 is 49.2 Å². The predicted molar refractivity (Wildman–Crippen MR) is 231 cm³/mol. The molecule has 0 atom stereocenters. The van der Waals surface area contributed by atoms with Gasteiger partial charge in [0.25, 0.3) is 0 Å². The number of hydrogen-bond acceptors (Lipinski definition) is 3. The van der Waals surface area contributed by atoms with Crippen LogP contribution in [0.1, 0.15) is 18.7 Å². The van der Waals surface area contributed by atoms with Gasteiger partial charge < -0.3 is 4.57 Å². The molecule has 0 fully saturated rings. The average Bonchev–Trinajstić information content (AvgIpc) is 3.80. The van der Waals surface area contributed by atoms with Crippen molar-refractivity contribution in [3.8, 4) is 45.3 Å². The zero-order chi connectivity index (χ0) is 37.0. The second kappa shape index (κ2) is 13.2. The Labute approximate surface area is 324 Å². The Morgan fingerprint density at radius 2 is 0.964 bits per heavy atom. The molecule has 3 aromatic heterocycles. The monoisotopic (exact) mass is 717 g/mol. The summed E-state index contributed by atoms with van der Waals surface area (Å²) in [6.45, 7) is 0. The van der Waals surface area contributed by atoms with E-state index in [2.05, 4.69) is 179 Å². The third-order valence-corrected chi connectivity index (χ3v) is 11.0. The van der Waals surface area contributed by atoms with Gasteiger partial charge in [-0.3, -0.25) is 4.57 Å². The maximum Gasteiger partial charge on any atom is 0.238 e. The standard InChI is InChI=1S/C51H35N5/c1-5-16-34(17-6-1)38-28-30-45-42(32-38)43-33-39(35-18-7-2-8-19-35)29-31-46(43)55(45)47-27-15-25-41-40-24-13-14-26-44(40)56(48(41)47)51-53-49(36-20-9-3-10-21-36)52-50(54-51)37-22-11-4-12-23-37/h1-3,5-11,13-33H,4,12H2. The van der Waals surface area contributed by atoms with Gasteiger partial charge in [-0.2, -0.15) is 9.97 Å². The van der Waals surface area contributed by atoms with Gasteiger partial charge in [0.2, 0.25) is 5.95 Å². The Balaban J connectivity index is 1.23. The predicted octanol–water partition coefficient (Wildman–Crippen LogP) is 12.8. The van der Waals surface area contributed by atoms with E-state index in [1.807, 2.05) is 18.2 Å². The van der Waals surface area contributed by atoms with Crippen LogP contribution in [0.25, 0.3) is 94.5 Å². The van der Waals surface area contributed by atoms with Crippen LogP contribution in [0.4, 0.5) is 0 Å². The lowest BCUT2D eigenvalue weighted by atomic mass is 10.0. The third-order valence-electron chi connectivity index (χ3n) is 11.0. The Hall–Kier alpha value is -7.37. The van der Waals surface area contributed by atoms with E-state index in [9.17, 15) is 0 Å². The van der Waals surface area contributed by atoms with Crippen LogP contribution in [0, 0.1) is 0 Å². The van der Waals surface area contributed by atoms with Gasteiger partial charge in [-0.15, -0.1) is 0 Å². The summed E-state index contributed by atoms with van der Waals surface area (Å²) in [6, 6.07) is 60.5. The van der Waals surface area contributed by atoms with Crippen LogP contribution in [-0.2, 0) is 0 Å². The number of allylic oxidation sites excluding steroid dienone is 4. The summed E-state index contributed by atoms with van der Waals surface area (Å²) in [7, 11) is 0. The molecule has 10 aromatic rings. The molecule has 0 bridgehead atoms. The number of hydrogen-bond donors (Lipinski definition) is 0. The van der Waals surface area contributed by atoms with Crippen molar-refractivity contribution in [3.05, 3.63) is 194 Å². The fraction of sp³-hybridized carbons (Fsp3) is 0.0392. The van der Waals surface area contributed by atoms with Crippen LogP contribution >= 0.6 is 0 Å². The first kappa shape index (κ1) is 32.1. The molecule has 0 amide bonds. The SMILES string of the molecule is C1=CC(c2nc(-c3ccccc3)nc(-n3c4ccccc4c4cccc(-n5c6ccc(-c7ccccc7)cc6c6cc(-c7ccccc7)ccc65)c43)n2)=CCC1. The molecule has 0 unspecified atom stereocenters. The minimum absolute atomic E-state index is 0.589. The van der Waals surface area contributed by atoms with Gasteiger partial charge in [-0.25, -0.2) is 4.98 Å². The highest BCUT2D eigenvalue weighted by Crippen LogP contribution is 2.41. The number of aromatic nitrogens is 5. The highest BCUT2D eigenvalue weighted by Gasteiger charge is 2.23. The maximum absolute atomic E-state index is 5.27. The van der Waals surface area contributed by atoms with Crippen LogP contribution < -0.4 is 0 Å². The van der Waals surface area contributed by atoms with Crippen LogP contribution in [0.2, 0.25) is 0 Å². The van der Waals surface area contributed by atoms with Gasteiger partial charge >= 0.3 is 0 Å². The summed E-state index contributed by atoms with van der Waals surface area (Å²) in [6.07, 6.45) is 8.55. The second-order valence-electron chi connectivity index (χ2n) is 14.3. The van der Waals surface area contributed by atoms with Gasteiger partial charge in [-0.1, -0.05) is 152 Å². The topological polar surface area (TPSA) is 48.5 Å². The molecule has 0 spiro atoms. The molecule has 0 N–H and O–H groups in total. The van der Waals surface area contributed by atoms with E-state index in [1.165, 1.54) is 33.0 Å². The summed E-state index contributed by atoms with van der Waals surface area (Å²) in [5.41, 5.74) is 12.1. The average molecular weight is 718 g/mol. The summed E-state index contributed by atoms with van der Waals surface area (Å²) < 4.78 is 4.68. The van der Waals surface area contributed by atoms with E-state index in [4.69, 9.17) is 15.0 Å². The van der Waals surface area contributed by atoms with Crippen molar-refractivity contribution in [1.82, 2.24) is 24.1 Å². The Morgan fingerprint density at radius 1 is 0.393 bits per heavy atom. The molecule has 5 nitrogen and oxygen atoms in total. The van der Waals surface area contributed by atoms with E-state index < -0.39 is 0 Å². The first-order chi connectivity index (χ1) is 27.8. The second-order valence-corrected chi connectivity index (χ2v) is 14.3. The number of benzene rings is 7. The lowest BCUT2D eigenvalue weighted by Crippen LogP contribution is -2.09. The highest BCUT2D eigenvalue weighted by molar-refractivity contribution is 6.16. The molecule has 3 heterocycles. The number of nitrogens with zero attached hydrogens (tertiary/aromatic N) is 5. The van der Waals surface area contributed by atoms with Crippen LogP contribution in [0.3, 0.4) is 0 Å². The Morgan fingerprint density at radius 3 is 1.61 bits per heavy atom. The summed E-state index contributed by atoms with van der Waals surface area (Å²) in [4.78, 5) is 15.6. The molecule has 0 saturated heterocycles. The molecule has 5 heteroatoms. The first-order valence-electron chi connectivity index (χ1n) is 19.2. The van der Waals surface area contributed by atoms with Crippen molar-refractivity contribution in [2.24, 2.45) is 0 Å². The van der Waals surface area contributed by atoms with E-state index in [0.717, 1.165) is 62.5 Å². The molecule has 264 valence electrons. The van der Waals surface area contributed by atoms with E-state index >= 15 is 0 Å². The van der Waals surface area contributed by atoms with E-state index in [1.54, 1.807) is 0 Å². The van der Waals surface area contributed by atoms with E-state index in [-0.39, 0.29) is 0 Å². The van der Waals surface area contributed by atoms with Crippen LogP contribution in [0.5, 0.6) is 0 Å². The normalized spacial score (nSPS) is 12.9. The summed E-state index contributed by atoms with van der Waals surface area (Å²) in [5, 5.41) is 4.67. The van der Waals surface area contributed by atoms with Crippen molar-refractivity contribution in [2.75, 3.05) is 0 Å². The molecule has 56 heavy (non-hydrogen) atoms. The molecule has 1 aliphatic rings. The molecular formula is C51H35N5. The third kappa shape index (κ3) is 5.28. The fourth-order valence-corrected chi connectivity index (χ4v) is 8.38. The van der Waals surface area contributed by atoms with Gasteiger partial charge in [-0.05, 0) is 71.5 Å². The molecule has 11 rings (SSSR count). The van der Waals surface area contributed by atoms with Crippen LogP contribution in [0.15, 0.2) is 188 Å². The molecule has 1 aliphatic carbocycles. The van der Waals surface area contributed by atoms with Crippen LogP contribution in [-0.4, -0.2) is 24.1 Å². The van der Waals surface area contributed by atoms with Crippen molar-refractivity contribution in [3.63, 3.8) is 0 Å². The molecule has 0 radical (unpaired) electrons. The van der Waals surface area contributed by atoms with Gasteiger partial charge in [0, 0.05) is 32.7 Å². The quantitative estimate of drug-likeness (QED) is 0.172. The lowest BCUT2D eigenvalue weighted by molar-refractivity contribution is 0.925. The van der Waals surface area contributed by atoms with Gasteiger partial charge in [0.15, 0.2) is 11.6 Å². The minimum atomic E-state index is 0.589. The number of para-hydroxylation sites is 2. The Bertz CT molecular complexity index is 3070. The van der Waals surface area contributed by atoms with Gasteiger partial charge in [0.1, 0.15) is 0 Å². The van der Waals surface area contributed by atoms with Crippen molar-refractivity contribution in [2.45, 2.75) is 12.8 Å². The molecule has 7 aromatic carbocycles. The first-order valence-corrected chi connectivity index (χ1v) is 19.2. The molecule has 0 aliphatic heterocycles. The zero-order valence-electron chi connectivity index (χ0n) is 30.5. The smallest absolute Gasteiger partial charge is 0.238 e. The van der Waals surface area contributed by atoms with E-state index in [0.29, 0.717) is 17.6 Å². The fourth-order valence-electron chi connectivity index (χ4n) is 8.38. The van der Waals surface area contributed by atoms with Crippen molar-refractivity contribution < 1.29 is 0 Å². The summed E-state index contributed by atoms with van der Waals surface area (Å²) >= 11 is 0. The summed E-state index contributed by atoms with van der Waals surface area (Å²) in [5.74, 6) is 1.91. The Kier molecular flexibility index (Phi) is 7.56. The zero-order valence-corrected chi connectivity index (χ0v) is 30.5. The maximum atomic E-state index is 5.27. The van der Waals surface area contributed by atoms with Crippen molar-refractivity contribution in [1.29, 1.82) is 0 Å². The molecule has 0 saturated carbocycles. The highest BCUT2D eigenvalue weighted by atomic mass is 15.2. The number of rotatable bonds is 6. The largest absolute Gasteiger partial charge is 0.307 e. The molecular weight excluding hydrogens is 683 g/mol. The minimum Gasteiger partial charge on any atom is -0.307 e. The lowest BCUT2D eigenvalue weighted by Gasteiger charge is -2.15. The number of fused-ring (bicyclic) bond motifs is 6. The van der Waals surface area contributed by atoms with Gasteiger partial charge in [0.05, 0.1) is 27.8 Å².